The lowest BCUT2D eigenvalue weighted by Gasteiger charge is -2.22. The minimum absolute atomic E-state index is 0.0500. The Bertz CT molecular complexity index is 436. The number of pyridine rings is 1. The van der Waals surface area contributed by atoms with Crippen molar-refractivity contribution in [1.82, 2.24) is 10.3 Å². The van der Waals surface area contributed by atoms with E-state index in [1.807, 2.05) is 11.8 Å². The molecular weight excluding hydrogens is 248 g/mol. The van der Waals surface area contributed by atoms with Gasteiger partial charge in [0, 0.05) is 25.4 Å². The summed E-state index contributed by atoms with van der Waals surface area (Å²) in [6.07, 6.45) is 2.58. The smallest absolute Gasteiger partial charge is 0.239 e. The highest BCUT2D eigenvalue weighted by Gasteiger charge is 2.11. The number of anilines is 1. The summed E-state index contributed by atoms with van der Waals surface area (Å²) < 4.78 is 0. The second kappa shape index (κ2) is 6.90. The zero-order valence-electron chi connectivity index (χ0n) is 10.6. The quantitative estimate of drug-likeness (QED) is 0.741. The molecule has 0 aliphatic heterocycles. The van der Waals surface area contributed by atoms with E-state index in [0.29, 0.717) is 10.8 Å². The Labute approximate surface area is 112 Å². The topological polar surface area (TPSA) is 71.2 Å². The first-order valence-electron chi connectivity index (χ1n) is 5.79. The number of likely N-dealkylation sites (N-methyl/N-ethyl adjacent to an activating group) is 1. The molecule has 0 aliphatic carbocycles. The number of carbonyl (C=O) groups excluding carboxylic acids is 1. The van der Waals surface area contributed by atoms with Crippen LogP contribution in [0.2, 0.25) is 0 Å². The molecule has 0 fully saturated rings. The lowest BCUT2D eigenvalue weighted by Crippen LogP contribution is -2.36. The second-order valence-corrected chi connectivity index (χ2v) is 4.30. The summed E-state index contributed by atoms with van der Waals surface area (Å²) in [5, 5.41) is 2.60. The molecule has 0 aliphatic rings. The van der Waals surface area contributed by atoms with Gasteiger partial charge < -0.3 is 16.0 Å². The van der Waals surface area contributed by atoms with Gasteiger partial charge in [0.1, 0.15) is 10.8 Å². The molecule has 6 heteroatoms. The van der Waals surface area contributed by atoms with Crippen molar-refractivity contribution in [3.8, 4) is 0 Å². The molecule has 0 unspecified atom stereocenters. The van der Waals surface area contributed by atoms with Gasteiger partial charge in [0.15, 0.2) is 0 Å². The molecule has 3 N–H and O–H groups in total. The van der Waals surface area contributed by atoms with Crippen LogP contribution in [0.4, 0.5) is 5.82 Å². The summed E-state index contributed by atoms with van der Waals surface area (Å²) in [6, 6.07) is 3.57. The SMILES string of the molecule is CCCN(CC(=O)NC)c1cc(C(N)=S)ccn1. The van der Waals surface area contributed by atoms with Crippen LogP contribution < -0.4 is 16.0 Å². The molecular formula is C12H18N4OS. The summed E-state index contributed by atoms with van der Waals surface area (Å²) in [7, 11) is 1.62. The van der Waals surface area contributed by atoms with E-state index < -0.39 is 0 Å². The van der Waals surface area contributed by atoms with Crippen LogP contribution in [0.3, 0.4) is 0 Å². The van der Waals surface area contributed by atoms with Gasteiger partial charge in [0.2, 0.25) is 5.91 Å². The number of nitrogens with two attached hydrogens (primary N) is 1. The van der Waals surface area contributed by atoms with Gasteiger partial charge in [-0.1, -0.05) is 19.1 Å². The predicted molar refractivity (Wildman–Crippen MR) is 76.7 cm³/mol. The van der Waals surface area contributed by atoms with E-state index in [1.165, 1.54) is 0 Å². The normalized spacial score (nSPS) is 9.89. The van der Waals surface area contributed by atoms with Crippen molar-refractivity contribution in [3.63, 3.8) is 0 Å². The van der Waals surface area contributed by atoms with Gasteiger partial charge in [-0.3, -0.25) is 4.79 Å². The van der Waals surface area contributed by atoms with E-state index in [4.69, 9.17) is 18.0 Å². The van der Waals surface area contributed by atoms with Crippen LogP contribution in [0.5, 0.6) is 0 Å². The van der Waals surface area contributed by atoms with E-state index >= 15 is 0 Å². The lowest BCUT2D eigenvalue weighted by atomic mass is 10.2. The van der Waals surface area contributed by atoms with Crippen molar-refractivity contribution in [2.45, 2.75) is 13.3 Å². The van der Waals surface area contributed by atoms with Crippen LogP contribution >= 0.6 is 12.2 Å². The molecule has 1 aromatic heterocycles. The molecule has 5 nitrogen and oxygen atoms in total. The van der Waals surface area contributed by atoms with E-state index in [1.54, 1.807) is 25.4 Å². The fraction of sp³-hybridized carbons (Fsp3) is 0.417. The van der Waals surface area contributed by atoms with Gasteiger partial charge in [-0.25, -0.2) is 4.98 Å². The van der Waals surface area contributed by atoms with Crippen molar-refractivity contribution in [3.05, 3.63) is 23.9 Å². The van der Waals surface area contributed by atoms with Gasteiger partial charge >= 0.3 is 0 Å². The average molecular weight is 266 g/mol. The first-order chi connectivity index (χ1) is 8.58. The van der Waals surface area contributed by atoms with Crippen molar-refractivity contribution < 1.29 is 4.79 Å². The van der Waals surface area contributed by atoms with Gasteiger partial charge in [0.25, 0.3) is 0 Å². The monoisotopic (exact) mass is 266 g/mol. The molecule has 0 bridgehead atoms. The Hall–Kier alpha value is -1.69. The number of aromatic nitrogens is 1. The first kappa shape index (κ1) is 14.4. The van der Waals surface area contributed by atoms with Crippen LogP contribution in [0.25, 0.3) is 0 Å². The molecule has 1 amide bonds. The minimum atomic E-state index is -0.0500. The van der Waals surface area contributed by atoms with Gasteiger partial charge in [-0.05, 0) is 18.6 Å². The third kappa shape index (κ3) is 3.96. The molecule has 0 radical (unpaired) electrons. The minimum Gasteiger partial charge on any atom is -0.389 e. The van der Waals surface area contributed by atoms with Crippen LogP contribution in [-0.4, -0.2) is 36.0 Å². The lowest BCUT2D eigenvalue weighted by molar-refractivity contribution is -0.119. The molecule has 98 valence electrons. The third-order valence-electron chi connectivity index (χ3n) is 2.46. The second-order valence-electron chi connectivity index (χ2n) is 3.86. The number of rotatable bonds is 6. The Morgan fingerprint density at radius 1 is 1.61 bits per heavy atom. The Balaban J connectivity index is 2.94. The number of hydrogen-bond acceptors (Lipinski definition) is 4. The van der Waals surface area contributed by atoms with E-state index in [0.717, 1.165) is 18.5 Å². The molecule has 1 rings (SSSR count). The zero-order chi connectivity index (χ0) is 13.5. The van der Waals surface area contributed by atoms with E-state index in [-0.39, 0.29) is 12.5 Å². The number of carbonyl (C=O) groups is 1. The highest BCUT2D eigenvalue weighted by atomic mass is 32.1. The fourth-order valence-electron chi connectivity index (χ4n) is 1.54. The Morgan fingerprint density at radius 2 is 2.33 bits per heavy atom. The van der Waals surface area contributed by atoms with Gasteiger partial charge in [0.05, 0.1) is 6.54 Å². The molecule has 0 spiro atoms. The number of hydrogen-bond donors (Lipinski definition) is 2. The third-order valence-corrected chi connectivity index (χ3v) is 2.70. The number of thiocarbonyl (C=S) groups is 1. The highest BCUT2D eigenvalue weighted by molar-refractivity contribution is 7.80. The number of amides is 1. The maximum Gasteiger partial charge on any atom is 0.239 e. The van der Waals surface area contributed by atoms with Crippen molar-refractivity contribution in [2.75, 3.05) is 25.0 Å². The average Bonchev–Trinajstić information content (AvgIpc) is 2.38. The highest BCUT2D eigenvalue weighted by Crippen LogP contribution is 2.13. The summed E-state index contributed by atoms with van der Waals surface area (Å²) in [5.74, 6) is 0.664. The molecule has 18 heavy (non-hydrogen) atoms. The Kier molecular flexibility index (Phi) is 5.51. The molecule has 1 heterocycles. The van der Waals surface area contributed by atoms with E-state index in [9.17, 15) is 4.79 Å². The van der Waals surface area contributed by atoms with Crippen LogP contribution in [-0.2, 0) is 4.79 Å². The molecule has 1 aromatic rings. The maximum absolute atomic E-state index is 11.5. The summed E-state index contributed by atoms with van der Waals surface area (Å²) in [4.78, 5) is 17.9. The standard InChI is InChI=1S/C12H18N4OS/c1-3-6-16(8-11(17)14-2)10-7-9(12(13)18)4-5-15-10/h4-5,7H,3,6,8H2,1-2H3,(H2,13,18)(H,14,17). The molecule has 0 atom stereocenters. The molecule has 0 saturated carbocycles. The van der Waals surface area contributed by atoms with Crippen molar-refractivity contribution >= 4 is 28.9 Å². The fourth-order valence-corrected chi connectivity index (χ4v) is 1.67. The van der Waals surface area contributed by atoms with Crippen molar-refractivity contribution in [1.29, 1.82) is 0 Å². The Morgan fingerprint density at radius 3 is 2.89 bits per heavy atom. The number of nitrogens with zero attached hydrogens (tertiary/aromatic N) is 2. The largest absolute Gasteiger partial charge is 0.389 e. The summed E-state index contributed by atoms with van der Waals surface area (Å²) in [6.45, 7) is 3.08. The van der Waals surface area contributed by atoms with Crippen molar-refractivity contribution in [2.24, 2.45) is 5.73 Å². The van der Waals surface area contributed by atoms with E-state index in [2.05, 4.69) is 10.3 Å². The maximum atomic E-state index is 11.5. The first-order valence-corrected chi connectivity index (χ1v) is 6.20. The number of nitrogens with one attached hydrogen (secondary N) is 1. The van der Waals surface area contributed by atoms with Gasteiger partial charge in [-0.2, -0.15) is 0 Å². The summed E-state index contributed by atoms with van der Waals surface area (Å²) >= 11 is 4.94. The van der Waals surface area contributed by atoms with Crippen LogP contribution in [0, 0.1) is 0 Å². The zero-order valence-corrected chi connectivity index (χ0v) is 11.5. The predicted octanol–water partition coefficient (Wildman–Crippen LogP) is 0.678. The van der Waals surface area contributed by atoms with Crippen LogP contribution in [0.15, 0.2) is 18.3 Å². The molecule has 0 saturated heterocycles. The molecule has 0 aromatic carbocycles. The van der Waals surface area contributed by atoms with Gasteiger partial charge in [-0.15, -0.1) is 0 Å². The van der Waals surface area contributed by atoms with Crippen LogP contribution in [0.1, 0.15) is 18.9 Å². The summed E-state index contributed by atoms with van der Waals surface area (Å²) in [5.41, 5.74) is 6.35.